The van der Waals surface area contributed by atoms with Gasteiger partial charge in [0.1, 0.15) is 0 Å². The highest BCUT2D eigenvalue weighted by Gasteiger charge is 2.32. The van der Waals surface area contributed by atoms with E-state index in [0.717, 1.165) is 6.42 Å². The minimum absolute atomic E-state index is 0.00926. The number of hydrogen-bond acceptors (Lipinski definition) is 1. The summed E-state index contributed by atoms with van der Waals surface area (Å²) in [5.41, 5.74) is 0. The van der Waals surface area contributed by atoms with Gasteiger partial charge in [0.05, 0.1) is 6.10 Å². The van der Waals surface area contributed by atoms with Crippen LogP contribution in [0.5, 0.6) is 0 Å². The number of rotatable bonds is 1. The lowest BCUT2D eigenvalue weighted by atomic mass is 10.3. The molecule has 2 unspecified atom stereocenters. The van der Waals surface area contributed by atoms with Gasteiger partial charge in [0.15, 0.2) is 0 Å². The Bertz CT molecular complexity index is 49.9. The van der Waals surface area contributed by atoms with Crippen LogP contribution >= 0.6 is 0 Å². The van der Waals surface area contributed by atoms with E-state index in [4.69, 9.17) is 5.11 Å². The van der Waals surface area contributed by atoms with Gasteiger partial charge in [-0.3, -0.25) is 0 Å². The molecule has 0 bridgehead atoms. The largest absolute Gasteiger partial charge is 0.393 e. The molecule has 1 heteroatoms. The highest BCUT2D eigenvalue weighted by Crippen LogP contribution is 2.31. The molecule has 0 aromatic rings. The van der Waals surface area contributed by atoms with E-state index in [0.29, 0.717) is 5.92 Å². The van der Waals surface area contributed by atoms with Crippen LogP contribution in [0, 0.1) is 12.3 Å². The van der Waals surface area contributed by atoms with Crippen LogP contribution in [0.4, 0.5) is 0 Å². The third-order valence-corrected chi connectivity index (χ3v) is 1.23. The lowest BCUT2D eigenvalue weighted by Crippen LogP contribution is -1.80. The van der Waals surface area contributed by atoms with Crippen molar-refractivity contribution < 1.29 is 5.11 Å². The first-order valence-corrected chi connectivity index (χ1v) is 2.32. The zero-order chi connectivity index (χ0) is 4.57. The summed E-state index contributed by atoms with van der Waals surface area (Å²) < 4.78 is 0. The molecule has 0 aliphatic heterocycles. The molecule has 6 heavy (non-hydrogen) atoms. The zero-order valence-electron chi connectivity index (χ0n) is 3.89. The molecule has 0 saturated heterocycles. The minimum Gasteiger partial charge on any atom is -0.393 e. The van der Waals surface area contributed by atoms with Crippen molar-refractivity contribution in [2.24, 2.45) is 5.92 Å². The van der Waals surface area contributed by atoms with Gasteiger partial charge in [0.25, 0.3) is 0 Å². The summed E-state index contributed by atoms with van der Waals surface area (Å²) in [7, 11) is 0. The van der Waals surface area contributed by atoms with Crippen molar-refractivity contribution in [3.63, 3.8) is 0 Å². The molecule has 2 atom stereocenters. The second-order valence-corrected chi connectivity index (χ2v) is 1.80. The maximum atomic E-state index is 8.60. The number of aliphatic hydroxyl groups excluding tert-OH is 1. The van der Waals surface area contributed by atoms with Gasteiger partial charge in [-0.15, -0.1) is 0 Å². The first-order chi connectivity index (χ1) is 2.84. The predicted octanol–water partition coefficient (Wildman–Crippen LogP) is 0.591. The summed E-state index contributed by atoms with van der Waals surface area (Å²) in [5.74, 6) is 0.532. The Morgan fingerprint density at radius 2 is 2.33 bits per heavy atom. The van der Waals surface area contributed by atoms with Crippen molar-refractivity contribution in [3.05, 3.63) is 6.42 Å². The van der Waals surface area contributed by atoms with E-state index in [9.17, 15) is 0 Å². The molecule has 0 heterocycles. The Morgan fingerprint density at radius 1 is 1.83 bits per heavy atom. The highest BCUT2D eigenvalue weighted by molar-refractivity contribution is 4.93. The fourth-order valence-corrected chi connectivity index (χ4v) is 0.559. The first kappa shape index (κ1) is 4.13. The number of aliphatic hydroxyl groups is 1. The van der Waals surface area contributed by atoms with Crippen molar-refractivity contribution in [3.8, 4) is 0 Å². The monoisotopic (exact) mass is 85.1 g/mol. The zero-order valence-corrected chi connectivity index (χ0v) is 3.89. The van der Waals surface area contributed by atoms with Crippen LogP contribution in [-0.2, 0) is 0 Å². The smallest absolute Gasteiger partial charge is 0.0575 e. The topological polar surface area (TPSA) is 20.2 Å². The van der Waals surface area contributed by atoms with Crippen molar-refractivity contribution >= 4 is 0 Å². The van der Waals surface area contributed by atoms with Gasteiger partial charge in [0.2, 0.25) is 0 Å². The van der Waals surface area contributed by atoms with Gasteiger partial charge >= 0.3 is 0 Å². The highest BCUT2D eigenvalue weighted by atomic mass is 16.3. The van der Waals surface area contributed by atoms with Crippen LogP contribution in [0.1, 0.15) is 13.3 Å². The SMILES string of the molecule is C[CH]C1CC1O. The van der Waals surface area contributed by atoms with E-state index in [1.807, 2.05) is 13.3 Å². The molecule has 0 aromatic heterocycles. The molecule has 1 nitrogen and oxygen atoms in total. The molecular formula is C5H9O. The predicted molar refractivity (Wildman–Crippen MR) is 24.1 cm³/mol. The molecule has 1 radical (unpaired) electrons. The summed E-state index contributed by atoms with van der Waals surface area (Å²) in [5, 5.41) is 8.60. The molecular weight excluding hydrogens is 76.1 g/mol. The van der Waals surface area contributed by atoms with Crippen LogP contribution in [0.25, 0.3) is 0 Å². The lowest BCUT2D eigenvalue weighted by molar-refractivity contribution is 0.265. The summed E-state index contributed by atoms with van der Waals surface area (Å²) in [6, 6.07) is 0. The molecule has 0 spiro atoms. The fraction of sp³-hybridized carbons (Fsp3) is 0.800. The Morgan fingerprint density at radius 3 is 2.33 bits per heavy atom. The standard InChI is InChI=1S/C5H9O/c1-2-4-3-5(4)6/h2,4-6H,3H2,1H3. The first-order valence-electron chi connectivity index (χ1n) is 2.32. The van der Waals surface area contributed by atoms with Crippen LogP contribution in [-0.4, -0.2) is 11.2 Å². The van der Waals surface area contributed by atoms with E-state index < -0.39 is 0 Å². The Balaban J connectivity index is 2.09. The molecule has 1 aliphatic rings. The molecule has 0 amide bonds. The Hall–Kier alpha value is -0.0400. The van der Waals surface area contributed by atoms with Gasteiger partial charge < -0.3 is 5.11 Å². The molecule has 1 saturated carbocycles. The maximum absolute atomic E-state index is 8.60. The second-order valence-electron chi connectivity index (χ2n) is 1.80. The Kier molecular flexibility index (Phi) is 0.845. The molecule has 1 N–H and O–H groups in total. The minimum atomic E-state index is 0.00926. The van der Waals surface area contributed by atoms with E-state index in [1.165, 1.54) is 0 Å². The third kappa shape index (κ3) is 0.548. The third-order valence-electron chi connectivity index (χ3n) is 1.23. The summed E-state index contributed by atoms with van der Waals surface area (Å²) >= 11 is 0. The Labute approximate surface area is 38.0 Å². The molecule has 1 rings (SSSR count). The van der Waals surface area contributed by atoms with Crippen LogP contribution < -0.4 is 0 Å². The average molecular weight is 85.1 g/mol. The quantitative estimate of drug-likeness (QED) is 0.494. The van der Waals surface area contributed by atoms with E-state index in [1.54, 1.807) is 0 Å². The van der Waals surface area contributed by atoms with Gasteiger partial charge in [-0.25, -0.2) is 0 Å². The molecule has 35 valence electrons. The van der Waals surface area contributed by atoms with E-state index >= 15 is 0 Å². The molecule has 0 aromatic carbocycles. The van der Waals surface area contributed by atoms with Crippen LogP contribution in [0.3, 0.4) is 0 Å². The van der Waals surface area contributed by atoms with Gasteiger partial charge in [-0.2, -0.15) is 0 Å². The van der Waals surface area contributed by atoms with Gasteiger partial charge in [-0.1, -0.05) is 6.92 Å². The van der Waals surface area contributed by atoms with E-state index in [-0.39, 0.29) is 6.10 Å². The van der Waals surface area contributed by atoms with Crippen molar-refractivity contribution in [1.82, 2.24) is 0 Å². The summed E-state index contributed by atoms with van der Waals surface area (Å²) in [6.07, 6.45) is 3.05. The van der Waals surface area contributed by atoms with Crippen molar-refractivity contribution in [2.75, 3.05) is 0 Å². The van der Waals surface area contributed by atoms with Crippen LogP contribution in [0.15, 0.2) is 0 Å². The summed E-state index contributed by atoms with van der Waals surface area (Å²) in [4.78, 5) is 0. The summed E-state index contributed by atoms with van der Waals surface area (Å²) in [6.45, 7) is 1.99. The normalized spacial score (nSPS) is 43.0. The molecule has 1 fully saturated rings. The fourth-order valence-electron chi connectivity index (χ4n) is 0.559. The van der Waals surface area contributed by atoms with Crippen LogP contribution in [0.2, 0.25) is 0 Å². The van der Waals surface area contributed by atoms with Gasteiger partial charge in [0, 0.05) is 0 Å². The lowest BCUT2D eigenvalue weighted by Gasteiger charge is -1.78. The number of hydrogen-bond donors (Lipinski definition) is 1. The van der Waals surface area contributed by atoms with Gasteiger partial charge in [-0.05, 0) is 18.8 Å². The second kappa shape index (κ2) is 1.23. The average Bonchev–Trinajstić information content (AvgIpc) is 2.19. The van der Waals surface area contributed by atoms with Crippen molar-refractivity contribution in [1.29, 1.82) is 0 Å². The molecule has 1 aliphatic carbocycles. The van der Waals surface area contributed by atoms with E-state index in [2.05, 4.69) is 0 Å². The maximum Gasteiger partial charge on any atom is 0.0575 e. The van der Waals surface area contributed by atoms with Crippen molar-refractivity contribution in [2.45, 2.75) is 19.4 Å².